The molecule has 0 atom stereocenters. The summed E-state index contributed by atoms with van der Waals surface area (Å²) in [5.41, 5.74) is 0.819. The van der Waals surface area contributed by atoms with Gasteiger partial charge in [-0.15, -0.1) is 0 Å². The fraction of sp³-hybridized carbons (Fsp3) is 0.600. The Morgan fingerprint density at radius 2 is 1.78 bits per heavy atom. The molecule has 0 saturated heterocycles. The lowest BCUT2D eigenvalue weighted by Gasteiger charge is -2.30. The third-order valence-corrected chi connectivity index (χ3v) is 4.28. The number of hydrogen-bond donors (Lipinski definition) is 2. The normalized spacial score (nSPS) is 11.7. The Morgan fingerprint density at radius 1 is 1.11 bits per heavy atom. The van der Waals surface area contributed by atoms with Crippen molar-refractivity contribution in [2.45, 2.75) is 26.2 Å². The molecule has 0 heterocycles. The molecule has 0 unspecified atom stereocenters. The number of aliphatic hydroxyl groups is 2. The molecule has 2 N–H and O–H groups in total. The molecule has 0 aliphatic carbocycles. The van der Waals surface area contributed by atoms with Crippen molar-refractivity contribution in [2.75, 3.05) is 24.7 Å². The second-order valence-electron chi connectivity index (χ2n) is 4.78. The Morgan fingerprint density at radius 3 is 2.33 bits per heavy atom. The molecule has 0 saturated carbocycles. The molecule has 0 aliphatic rings. The van der Waals surface area contributed by atoms with E-state index in [0.29, 0.717) is 0 Å². The molecule has 2 nitrogen and oxygen atoms in total. The molecule has 1 rings (SSSR count). The van der Waals surface area contributed by atoms with Crippen LogP contribution in [0.3, 0.4) is 0 Å². The van der Waals surface area contributed by atoms with E-state index in [4.69, 9.17) is 0 Å². The van der Waals surface area contributed by atoms with E-state index >= 15 is 0 Å². The molecule has 0 fully saturated rings. The molecule has 0 radical (unpaired) electrons. The van der Waals surface area contributed by atoms with Gasteiger partial charge in [0.2, 0.25) is 0 Å². The molecule has 1 aromatic rings. The fourth-order valence-electron chi connectivity index (χ4n) is 2.13. The van der Waals surface area contributed by atoms with Crippen molar-refractivity contribution < 1.29 is 10.2 Å². The van der Waals surface area contributed by atoms with Gasteiger partial charge in [0.05, 0.1) is 13.2 Å². The summed E-state index contributed by atoms with van der Waals surface area (Å²) in [5, 5.41) is 19.3. The van der Waals surface area contributed by atoms with Crippen LogP contribution in [0.1, 0.15) is 25.3 Å². The van der Waals surface area contributed by atoms with Crippen LogP contribution in [-0.2, 0) is 6.42 Å². The molecular formula is C15H24O2S. The van der Waals surface area contributed by atoms with Gasteiger partial charge in [0.1, 0.15) is 0 Å². The van der Waals surface area contributed by atoms with Crippen LogP contribution in [0, 0.1) is 5.41 Å². The maximum atomic E-state index is 9.63. The summed E-state index contributed by atoms with van der Waals surface area (Å²) in [4.78, 5) is 0. The lowest BCUT2D eigenvalue weighted by molar-refractivity contribution is 0.0469. The molecule has 0 aromatic heterocycles. The molecule has 0 amide bonds. The molecule has 102 valence electrons. The summed E-state index contributed by atoms with van der Waals surface area (Å²) < 4.78 is 0. The van der Waals surface area contributed by atoms with E-state index < -0.39 is 0 Å². The molecule has 18 heavy (non-hydrogen) atoms. The second-order valence-corrected chi connectivity index (χ2v) is 6.17. The predicted octanol–water partition coefficient (Wildman–Crippen LogP) is 2.73. The van der Waals surface area contributed by atoms with Gasteiger partial charge in [-0.1, -0.05) is 37.3 Å². The molecule has 1 aromatic carbocycles. The SMILES string of the molecule is CCSCCCC(CO)(CO)Cc1ccccc1. The van der Waals surface area contributed by atoms with Crippen molar-refractivity contribution in [2.24, 2.45) is 5.41 Å². The van der Waals surface area contributed by atoms with Gasteiger partial charge in [-0.25, -0.2) is 0 Å². The second kappa shape index (κ2) is 8.57. The standard InChI is InChI=1S/C15H24O2S/c1-2-18-10-6-9-15(12-16,13-17)11-14-7-4-3-5-8-14/h3-5,7-8,16-17H,2,6,9-13H2,1H3. The van der Waals surface area contributed by atoms with Crippen LogP contribution in [0.4, 0.5) is 0 Å². The first kappa shape index (κ1) is 15.5. The minimum absolute atomic E-state index is 0.0508. The largest absolute Gasteiger partial charge is 0.396 e. The van der Waals surface area contributed by atoms with E-state index in [1.54, 1.807) is 0 Å². The number of thioether (sulfide) groups is 1. The first-order valence-corrected chi connectivity index (χ1v) is 7.75. The van der Waals surface area contributed by atoms with Crippen molar-refractivity contribution >= 4 is 11.8 Å². The van der Waals surface area contributed by atoms with Gasteiger partial charge in [-0.3, -0.25) is 0 Å². The maximum Gasteiger partial charge on any atom is 0.0512 e. The van der Waals surface area contributed by atoms with Crippen LogP contribution < -0.4 is 0 Å². The van der Waals surface area contributed by atoms with Gasteiger partial charge in [0.25, 0.3) is 0 Å². The zero-order valence-corrected chi connectivity index (χ0v) is 12.0. The minimum Gasteiger partial charge on any atom is -0.396 e. The van der Waals surface area contributed by atoms with E-state index in [9.17, 15) is 10.2 Å². The van der Waals surface area contributed by atoms with Gasteiger partial charge in [0, 0.05) is 5.41 Å². The van der Waals surface area contributed by atoms with Gasteiger partial charge >= 0.3 is 0 Å². The third kappa shape index (κ3) is 5.01. The third-order valence-electron chi connectivity index (χ3n) is 3.29. The Hall–Kier alpha value is -0.510. The van der Waals surface area contributed by atoms with E-state index in [0.717, 1.165) is 30.8 Å². The van der Waals surface area contributed by atoms with E-state index in [1.807, 2.05) is 30.0 Å². The van der Waals surface area contributed by atoms with Crippen LogP contribution in [0.5, 0.6) is 0 Å². The first-order chi connectivity index (χ1) is 8.76. The Kier molecular flexibility index (Phi) is 7.40. The number of hydrogen-bond acceptors (Lipinski definition) is 3. The molecule has 0 bridgehead atoms. The van der Waals surface area contributed by atoms with Crippen LogP contribution >= 0.6 is 11.8 Å². The highest BCUT2D eigenvalue weighted by molar-refractivity contribution is 7.99. The highest BCUT2D eigenvalue weighted by Gasteiger charge is 2.28. The smallest absolute Gasteiger partial charge is 0.0512 e. The summed E-state index contributed by atoms with van der Waals surface area (Å²) in [7, 11) is 0. The van der Waals surface area contributed by atoms with E-state index in [1.165, 1.54) is 5.56 Å². The molecule has 0 aliphatic heterocycles. The van der Waals surface area contributed by atoms with Crippen LogP contribution in [0.15, 0.2) is 30.3 Å². The molecule has 0 spiro atoms. The van der Waals surface area contributed by atoms with E-state index in [-0.39, 0.29) is 18.6 Å². The average molecular weight is 268 g/mol. The van der Waals surface area contributed by atoms with Gasteiger partial charge in [-0.2, -0.15) is 11.8 Å². The average Bonchev–Trinajstić information content (AvgIpc) is 2.43. The lowest BCUT2D eigenvalue weighted by atomic mass is 9.79. The zero-order chi connectivity index (χ0) is 13.3. The summed E-state index contributed by atoms with van der Waals surface area (Å²) in [6.07, 6.45) is 2.67. The van der Waals surface area contributed by atoms with Crippen molar-refractivity contribution in [3.8, 4) is 0 Å². The van der Waals surface area contributed by atoms with Crippen LogP contribution in [0.2, 0.25) is 0 Å². The van der Waals surface area contributed by atoms with Gasteiger partial charge in [-0.05, 0) is 36.3 Å². The molecular weight excluding hydrogens is 244 g/mol. The maximum absolute atomic E-state index is 9.63. The van der Waals surface area contributed by atoms with Gasteiger partial charge < -0.3 is 10.2 Å². The Bertz CT molecular complexity index is 310. The number of aliphatic hydroxyl groups excluding tert-OH is 2. The summed E-state index contributed by atoms with van der Waals surface area (Å²) in [6.45, 7) is 2.25. The number of benzene rings is 1. The van der Waals surface area contributed by atoms with Gasteiger partial charge in [0.15, 0.2) is 0 Å². The topological polar surface area (TPSA) is 40.5 Å². The fourth-order valence-corrected chi connectivity index (χ4v) is 2.77. The number of rotatable bonds is 9. The molecule has 3 heteroatoms. The Labute approximate surface area is 114 Å². The quantitative estimate of drug-likeness (QED) is 0.677. The predicted molar refractivity (Wildman–Crippen MR) is 79.0 cm³/mol. The van der Waals surface area contributed by atoms with Crippen molar-refractivity contribution in [1.82, 2.24) is 0 Å². The monoisotopic (exact) mass is 268 g/mol. The van der Waals surface area contributed by atoms with Crippen molar-refractivity contribution in [3.05, 3.63) is 35.9 Å². The summed E-state index contributed by atoms with van der Waals surface area (Å²) in [6, 6.07) is 10.1. The van der Waals surface area contributed by atoms with E-state index in [2.05, 4.69) is 19.1 Å². The van der Waals surface area contributed by atoms with Crippen molar-refractivity contribution in [1.29, 1.82) is 0 Å². The van der Waals surface area contributed by atoms with Crippen LogP contribution in [0.25, 0.3) is 0 Å². The summed E-state index contributed by atoms with van der Waals surface area (Å²) >= 11 is 1.91. The zero-order valence-electron chi connectivity index (χ0n) is 11.1. The van der Waals surface area contributed by atoms with Crippen molar-refractivity contribution in [3.63, 3.8) is 0 Å². The Balaban J connectivity index is 2.56. The summed E-state index contributed by atoms with van der Waals surface area (Å²) in [5.74, 6) is 2.23. The van der Waals surface area contributed by atoms with Crippen LogP contribution in [-0.4, -0.2) is 34.9 Å². The first-order valence-electron chi connectivity index (χ1n) is 6.60. The minimum atomic E-state index is -0.365. The highest BCUT2D eigenvalue weighted by atomic mass is 32.2. The highest BCUT2D eigenvalue weighted by Crippen LogP contribution is 2.28. The lowest BCUT2D eigenvalue weighted by Crippen LogP contribution is -2.32.